The molecule has 0 fully saturated rings. The number of carbonyl (C=O) groups excluding carboxylic acids is 4. The van der Waals surface area contributed by atoms with Crippen molar-refractivity contribution in [2.75, 3.05) is 13.1 Å². The number of nitrogens with one attached hydrogen (secondary N) is 2. The molecule has 9 nitrogen and oxygen atoms in total. The molecule has 4 amide bonds. The molecular formula is C26H40N4O5. The first-order chi connectivity index (χ1) is 16.3. The number of rotatable bonds is 12. The highest BCUT2D eigenvalue weighted by Gasteiger charge is 2.37. The molecule has 1 aromatic carbocycles. The van der Waals surface area contributed by atoms with Gasteiger partial charge in [0.25, 0.3) is 0 Å². The highest BCUT2D eigenvalue weighted by molar-refractivity contribution is 5.94. The van der Waals surface area contributed by atoms with E-state index in [1.165, 1.54) is 11.0 Å². The van der Waals surface area contributed by atoms with Crippen LogP contribution in [0.3, 0.4) is 0 Å². The Hall–Kier alpha value is -3.36. The maximum atomic E-state index is 13.7. The van der Waals surface area contributed by atoms with Gasteiger partial charge >= 0.3 is 6.09 Å². The van der Waals surface area contributed by atoms with Crippen LogP contribution in [0.4, 0.5) is 4.79 Å². The van der Waals surface area contributed by atoms with E-state index >= 15 is 0 Å². The molecule has 0 spiro atoms. The summed E-state index contributed by atoms with van der Waals surface area (Å²) in [6.45, 7) is 15.0. The molecule has 0 aliphatic heterocycles. The highest BCUT2D eigenvalue weighted by Crippen LogP contribution is 2.27. The van der Waals surface area contributed by atoms with Gasteiger partial charge in [0.1, 0.15) is 17.7 Å². The van der Waals surface area contributed by atoms with Gasteiger partial charge in [-0.1, -0.05) is 43.2 Å². The van der Waals surface area contributed by atoms with Crippen molar-refractivity contribution in [2.24, 2.45) is 5.73 Å². The van der Waals surface area contributed by atoms with Gasteiger partial charge in [0, 0.05) is 13.1 Å². The quantitative estimate of drug-likeness (QED) is 0.307. The fourth-order valence-electron chi connectivity index (χ4n) is 3.58. The molecule has 35 heavy (non-hydrogen) atoms. The standard InChI is InChI=1S/C26H40N4O5/c1-8-10-13-28-23(32)22(19-12-11-17(3)15-18(19)4)30(14-9-2)24(33)20(16-21(27)31)29-25(34)35-26(5,6)7/h9,11-12,15,20,22H,2,8,10,13-14,16H2,1,3-7H3,(H2,27,31)(H,28,32)(H,29,34). The predicted molar refractivity (Wildman–Crippen MR) is 135 cm³/mol. The van der Waals surface area contributed by atoms with E-state index in [-0.39, 0.29) is 12.5 Å². The van der Waals surface area contributed by atoms with Crippen LogP contribution in [0.15, 0.2) is 30.9 Å². The molecule has 0 heterocycles. The zero-order valence-electron chi connectivity index (χ0n) is 21.8. The number of hydrogen-bond acceptors (Lipinski definition) is 5. The van der Waals surface area contributed by atoms with Crippen LogP contribution in [0.2, 0.25) is 0 Å². The van der Waals surface area contributed by atoms with Gasteiger partial charge in [-0.25, -0.2) is 4.79 Å². The Labute approximate surface area is 208 Å². The van der Waals surface area contributed by atoms with Crippen LogP contribution < -0.4 is 16.4 Å². The van der Waals surface area contributed by atoms with Gasteiger partial charge in [-0.2, -0.15) is 0 Å². The topological polar surface area (TPSA) is 131 Å². The van der Waals surface area contributed by atoms with Gasteiger partial charge in [0.15, 0.2) is 0 Å². The number of alkyl carbamates (subject to hydrolysis) is 1. The smallest absolute Gasteiger partial charge is 0.408 e. The van der Waals surface area contributed by atoms with Gasteiger partial charge < -0.3 is 26.0 Å². The fourth-order valence-corrected chi connectivity index (χ4v) is 3.58. The van der Waals surface area contributed by atoms with Gasteiger partial charge in [-0.3, -0.25) is 14.4 Å². The molecule has 1 rings (SSSR count). The summed E-state index contributed by atoms with van der Waals surface area (Å²) in [4.78, 5) is 52.6. The number of hydrogen-bond donors (Lipinski definition) is 3. The molecule has 0 aliphatic rings. The number of primary amides is 1. The average molecular weight is 489 g/mol. The molecule has 0 radical (unpaired) electrons. The lowest BCUT2D eigenvalue weighted by molar-refractivity contribution is -0.142. The first kappa shape index (κ1) is 29.7. The zero-order valence-corrected chi connectivity index (χ0v) is 21.8. The number of benzene rings is 1. The van der Waals surface area contributed by atoms with Crippen LogP contribution in [-0.2, 0) is 19.1 Å². The Morgan fingerprint density at radius 3 is 2.37 bits per heavy atom. The summed E-state index contributed by atoms with van der Waals surface area (Å²) in [6, 6.07) is 3.28. The maximum absolute atomic E-state index is 13.7. The Morgan fingerprint density at radius 2 is 1.86 bits per heavy atom. The molecule has 2 unspecified atom stereocenters. The predicted octanol–water partition coefficient (Wildman–Crippen LogP) is 3.04. The van der Waals surface area contributed by atoms with Crippen LogP contribution in [0, 0.1) is 13.8 Å². The second-order valence-corrected chi connectivity index (χ2v) is 9.56. The third-order valence-corrected chi connectivity index (χ3v) is 5.11. The largest absolute Gasteiger partial charge is 0.444 e. The van der Waals surface area contributed by atoms with Gasteiger partial charge in [-0.05, 0) is 52.2 Å². The zero-order chi connectivity index (χ0) is 26.8. The van der Waals surface area contributed by atoms with Crippen LogP contribution in [-0.4, -0.2) is 53.4 Å². The fraction of sp³-hybridized carbons (Fsp3) is 0.538. The molecule has 0 saturated heterocycles. The summed E-state index contributed by atoms with van der Waals surface area (Å²) in [5.74, 6) is -1.80. The summed E-state index contributed by atoms with van der Waals surface area (Å²) in [6.07, 6.45) is 1.84. The van der Waals surface area contributed by atoms with Crippen molar-refractivity contribution in [1.29, 1.82) is 0 Å². The average Bonchev–Trinajstić information content (AvgIpc) is 2.72. The summed E-state index contributed by atoms with van der Waals surface area (Å²) in [5, 5.41) is 5.34. The first-order valence-corrected chi connectivity index (χ1v) is 11.8. The van der Waals surface area contributed by atoms with E-state index in [0.717, 1.165) is 24.0 Å². The summed E-state index contributed by atoms with van der Waals surface area (Å²) in [7, 11) is 0. The highest BCUT2D eigenvalue weighted by atomic mass is 16.6. The number of aryl methyl sites for hydroxylation is 2. The van der Waals surface area contributed by atoms with E-state index in [0.29, 0.717) is 12.1 Å². The second-order valence-electron chi connectivity index (χ2n) is 9.56. The molecule has 9 heteroatoms. The van der Waals surface area contributed by atoms with E-state index in [1.807, 2.05) is 39.0 Å². The molecule has 0 aromatic heterocycles. The number of carbonyl (C=O) groups is 4. The Balaban J connectivity index is 3.46. The van der Waals surface area contributed by atoms with Gasteiger partial charge in [0.05, 0.1) is 6.42 Å². The van der Waals surface area contributed by atoms with Crippen molar-refractivity contribution in [2.45, 2.75) is 78.5 Å². The van der Waals surface area contributed by atoms with E-state index < -0.39 is 42.0 Å². The van der Waals surface area contributed by atoms with Crippen LogP contribution in [0.5, 0.6) is 0 Å². The third-order valence-electron chi connectivity index (χ3n) is 5.11. The number of unbranched alkanes of at least 4 members (excludes halogenated alkanes) is 1. The SMILES string of the molecule is C=CCN(C(=O)C(CC(N)=O)NC(=O)OC(C)(C)C)C(C(=O)NCCCC)c1ccc(C)cc1C. The number of amides is 4. The van der Waals surface area contributed by atoms with E-state index in [2.05, 4.69) is 17.2 Å². The van der Waals surface area contributed by atoms with Gasteiger partial charge in [-0.15, -0.1) is 6.58 Å². The minimum atomic E-state index is -1.32. The molecule has 1 aromatic rings. The lowest BCUT2D eigenvalue weighted by Crippen LogP contribution is -2.54. The minimum absolute atomic E-state index is 0.00325. The van der Waals surface area contributed by atoms with E-state index in [1.54, 1.807) is 20.8 Å². The Morgan fingerprint density at radius 1 is 1.20 bits per heavy atom. The number of nitrogens with zero attached hydrogens (tertiary/aromatic N) is 1. The van der Waals surface area contributed by atoms with Crippen LogP contribution in [0.1, 0.15) is 69.7 Å². The summed E-state index contributed by atoms with van der Waals surface area (Å²) < 4.78 is 5.26. The van der Waals surface area contributed by atoms with Crippen molar-refractivity contribution in [3.8, 4) is 0 Å². The normalized spacial score (nSPS) is 12.7. The monoisotopic (exact) mass is 488 g/mol. The van der Waals surface area contributed by atoms with Crippen LogP contribution in [0.25, 0.3) is 0 Å². The second kappa shape index (κ2) is 13.5. The maximum Gasteiger partial charge on any atom is 0.408 e. The van der Waals surface area contributed by atoms with Crippen molar-refractivity contribution in [1.82, 2.24) is 15.5 Å². The lowest BCUT2D eigenvalue weighted by Gasteiger charge is -2.34. The Bertz CT molecular complexity index is 923. The lowest BCUT2D eigenvalue weighted by atomic mass is 9.96. The molecule has 194 valence electrons. The molecule has 4 N–H and O–H groups in total. The Kier molecular flexibility index (Phi) is 11.5. The van der Waals surface area contributed by atoms with Gasteiger partial charge in [0.2, 0.25) is 17.7 Å². The van der Waals surface area contributed by atoms with E-state index in [4.69, 9.17) is 10.5 Å². The first-order valence-electron chi connectivity index (χ1n) is 11.8. The molecular weight excluding hydrogens is 448 g/mol. The number of nitrogens with two attached hydrogens (primary N) is 1. The van der Waals surface area contributed by atoms with Crippen molar-refractivity contribution < 1.29 is 23.9 Å². The van der Waals surface area contributed by atoms with Crippen LogP contribution >= 0.6 is 0 Å². The van der Waals surface area contributed by atoms with E-state index in [9.17, 15) is 19.2 Å². The third kappa shape index (κ3) is 9.80. The number of ether oxygens (including phenoxy) is 1. The summed E-state index contributed by atoms with van der Waals surface area (Å²) >= 11 is 0. The summed E-state index contributed by atoms with van der Waals surface area (Å²) in [5.41, 5.74) is 7.03. The molecule has 0 saturated carbocycles. The molecule has 0 bridgehead atoms. The molecule has 2 atom stereocenters. The molecule has 0 aliphatic carbocycles. The van der Waals surface area contributed by atoms with Crippen molar-refractivity contribution >= 4 is 23.8 Å². The van der Waals surface area contributed by atoms with Crippen molar-refractivity contribution in [3.63, 3.8) is 0 Å². The minimum Gasteiger partial charge on any atom is -0.444 e. The van der Waals surface area contributed by atoms with Crippen molar-refractivity contribution in [3.05, 3.63) is 47.5 Å².